The Bertz CT molecular complexity index is 561. The fraction of sp³-hybridized carbons (Fsp3) is 0.467. The van der Waals surface area contributed by atoms with Gasteiger partial charge in [-0.15, -0.1) is 0 Å². The van der Waals surface area contributed by atoms with Crippen molar-refractivity contribution >= 4 is 16.9 Å². The lowest BCUT2D eigenvalue weighted by Crippen LogP contribution is -2.39. The van der Waals surface area contributed by atoms with Crippen molar-refractivity contribution in [2.24, 2.45) is 0 Å². The first-order valence-electron chi connectivity index (χ1n) is 7.03. The Labute approximate surface area is 113 Å². The summed E-state index contributed by atoms with van der Waals surface area (Å²) < 4.78 is 0. The number of rotatable bonds is 3. The molecule has 3 rings (SSSR count). The number of hydrogen-bond donors (Lipinski definition) is 2. The average Bonchev–Trinajstić information content (AvgIpc) is 2.46. The van der Waals surface area contributed by atoms with E-state index in [1.54, 1.807) is 0 Å². The molecule has 1 aromatic heterocycles. The topological polar surface area (TPSA) is 49.8 Å². The van der Waals surface area contributed by atoms with E-state index in [4.69, 9.17) is 0 Å². The zero-order valence-corrected chi connectivity index (χ0v) is 11.3. The number of fused-ring (bicyclic) bond motifs is 1. The fourth-order valence-corrected chi connectivity index (χ4v) is 2.57. The van der Waals surface area contributed by atoms with Crippen LogP contribution in [0.2, 0.25) is 0 Å². The highest BCUT2D eigenvalue weighted by molar-refractivity contribution is 5.76. The first kappa shape index (κ1) is 12.4. The van der Waals surface area contributed by atoms with E-state index in [1.165, 1.54) is 19.3 Å². The standard InChI is InChI=1S/C15H20N4/c1-11-15(17-10-12-6-4-5-9-16-12)19-14-8-3-2-7-13(14)18-11/h2-3,7-8,12,16H,4-6,9-10H2,1H3,(H,17,19). The van der Waals surface area contributed by atoms with E-state index in [0.29, 0.717) is 6.04 Å². The number of anilines is 1. The van der Waals surface area contributed by atoms with E-state index in [9.17, 15) is 0 Å². The molecule has 2 aromatic rings. The van der Waals surface area contributed by atoms with Crippen molar-refractivity contribution in [1.82, 2.24) is 15.3 Å². The molecule has 1 saturated heterocycles. The number of aromatic nitrogens is 2. The molecule has 1 fully saturated rings. The zero-order valence-electron chi connectivity index (χ0n) is 11.3. The van der Waals surface area contributed by atoms with E-state index in [0.717, 1.165) is 35.6 Å². The second kappa shape index (κ2) is 5.53. The van der Waals surface area contributed by atoms with Crippen molar-refractivity contribution in [2.45, 2.75) is 32.2 Å². The molecule has 2 heterocycles. The molecule has 0 aliphatic carbocycles. The van der Waals surface area contributed by atoms with Crippen LogP contribution in [0.15, 0.2) is 24.3 Å². The second-order valence-corrected chi connectivity index (χ2v) is 5.17. The number of benzene rings is 1. The van der Waals surface area contributed by atoms with Crippen molar-refractivity contribution < 1.29 is 0 Å². The van der Waals surface area contributed by atoms with Gasteiger partial charge in [0.2, 0.25) is 0 Å². The highest BCUT2D eigenvalue weighted by Crippen LogP contribution is 2.16. The summed E-state index contributed by atoms with van der Waals surface area (Å²) in [4.78, 5) is 9.25. The minimum Gasteiger partial charge on any atom is -0.367 e. The van der Waals surface area contributed by atoms with Crippen LogP contribution in [0.5, 0.6) is 0 Å². The Morgan fingerprint density at radius 2 is 2.00 bits per heavy atom. The lowest BCUT2D eigenvalue weighted by molar-refractivity contribution is 0.414. The number of nitrogens with zero attached hydrogens (tertiary/aromatic N) is 2. The maximum atomic E-state index is 4.66. The second-order valence-electron chi connectivity index (χ2n) is 5.17. The Balaban J connectivity index is 1.74. The van der Waals surface area contributed by atoms with Crippen molar-refractivity contribution in [2.75, 3.05) is 18.4 Å². The van der Waals surface area contributed by atoms with Gasteiger partial charge in [0.25, 0.3) is 0 Å². The van der Waals surface area contributed by atoms with Crippen LogP contribution >= 0.6 is 0 Å². The van der Waals surface area contributed by atoms with Gasteiger partial charge in [-0.3, -0.25) is 0 Å². The van der Waals surface area contributed by atoms with Gasteiger partial charge in [0.05, 0.1) is 16.7 Å². The molecule has 4 nitrogen and oxygen atoms in total. The van der Waals surface area contributed by atoms with Crippen molar-refractivity contribution in [3.8, 4) is 0 Å². The Kier molecular flexibility index (Phi) is 3.60. The lowest BCUT2D eigenvalue weighted by atomic mass is 10.1. The fourth-order valence-electron chi connectivity index (χ4n) is 2.57. The first-order valence-corrected chi connectivity index (χ1v) is 7.03. The molecule has 0 amide bonds. The van der Waals surface area contributed by atoms with Crippen LogP contribution in [0.1, 0.15) is 25.0 Å². The average molecular weight is 256 g/mol. The Morgan fingerprint density at radius 1 is 1.21 bits per heavy atom. The number of nitrogens with one attached hydrogen (secondary N) is 2. The molecule has 1 atom stereocenters. The number of piperidine rings is 1. The molecule has 4 heteroatoms. The maximum Gasteiger partial charge on any atom is 0.148 e. The summed E-state index contributed by atoms with van der Waals surface area (Å²) in [5.74, 6) is 0.908. The van der Waals surface area contributed by atoms with E-state index < -0.39 is 0 Å². The molecule has 1 aliphatic rings. The van der Waals surface area contributed by atoms with Gasteiger partial charge in [-0.25, -0.2) is 9.97 Å². The van der Waals surface area contributed by atoms with Crippen LogP contribution in [0, 0.1) is 6.92 Å². The van der Waals surface area contributed by atoms with Gasteiger partial charge < -0.3 is 10.6 Å². The highest BCUT2D eigenvalue weighted by Gasteiger charge is 2.13. The third-order valence-corrected chi connectivity index (χ3v) is 3.67. The summed E-state index contributed by atoms with van der Waals surface area (Å²) in [7, 11) is 0. The monoisotopic (exact) mass is 256 g/mol. The minimum atomic E-state index is 0.557. The SMILES string of the molecule is Cc1nc2ccccc2nc1NCC1CCCCN1. The molecular formula is C15H20N4. The zero-order chi connectivity index (χ0) is 13.1. The predicted octanol–water partition coefficient (Wildman–Crippen LogP) is 2.49. The molecule has 0 bridgehead atoms. The van der Waals surface area contributed by atoms with Gasteiger partial charge in [0, 0.05) is 12.6 Å². The summed E-state index contributed by atoms with van der Waals surface area (Å²) in [5, 5.41) is 6.97. The molecule has 1 unspecified atom stereocenters. The molecule has 2 N–H and O–H groups in total. The Hall–Kier alpha value is -1.68. The van der Waals surface area contributed by atoms with Crippen molar-refractivity contribution in [1.29, 1.82) is 0 Å². The van der Waals surface area contributed by atoms with Crippen molar-refractivity contribution in [3.05, 3.63) is 30.0 Å². The number of para-hydroxylation sites is 2. The van der Waals surface area contributed by atoms with Gasteiger partial charge in [-0.1, -0.05) is 18.6 Å². The highest BCUT2D eigenvalue weighted by atomic mass is 15.1. The normalized spacial score (nSPS) is 19.5. The van der Waals surface area contributed by atoms with E-state index >= 15 is 0 Å². The van der Waals surface area contributed by atoms with Crippen LogP contribution in [0.3, 0.4) is 0 Å². The molecule has 0 spiro atoms. The minimum absolute atomic E-state index is 0.557. The smallest absolute Gasteiger partial charge is 0.148 e. The van der Waals surface area contributed by atoms with Gasteiger partial charge in [0.15, 0.2) is 0 Å². The van der Waals surface area contributed by atoms with Crippen molar-refractivity contribution in [3.63, 3.8) is 0 Å². The molecule has 19 heavy (non-hydrogen) atoms. The summed E-state index contributed by atoms with van der Waals surface area (Å²) in [6, 6.07) is 8.56. The van der Waals surface area contributed by atoms with Gasteiger partial charge in [-0.05, 0) is 38.4 Å². The Morgan fingerprint density at radius 3 is 2.74 bits per heavy atom. The van der Waals surface area contributed by atoms with Crippen LogP contribution < -0.4 is 10.6 Å². The van der Waals surface area contributed by atoms with Crippen LogP contribution in [0.4, 0.5) is 5.82 Å². The largest absolute Gasteiger partial charge is 0.367 e. The predicted molar refractivity (Wildman–Crippen MR) is 78.4 cm³/mol. The van der Waals surface area contributed by atoms with E-state index in [1.807, 2.05) is 31.2 Å². The molecular weight excluding hydrogens is 236 g/mol. The van der Waals surface area contributed by atoms with E-state index in [-0.39, 0.29) is 0 Å². The quantitative estimate of drug-likeness (QED) is 0.886. The van der Waals surface area contributed by atoms with E-state index in [2.05, 4.69) is 20.6 Å². The van der Waals surface area contributed by atoms with Crippen LogP contribution in [-0.4, -0.2) is 29.1 Å². The van der Waals surface area contributed by atoms with Gasteiger partial charge in [-0.2, -0.15) is 0 Å². The summed E-state index contributed by atoms with van der Waals surface area (Å²) >= 11 is 0. The molecule has 0 saturated carbocycles. The maximum absolute atomic E-state index is 4.66. The van der Waals surface area contributed by atoms with Crippen LogP contribution in [-0.2, 0) is 0 Å². The van der Waals surface area contributed by atoms with Gasteiger partial charge in [0.1, 0.15) is 5.82 Å². The molecule has 1 aromatic carbocycles. The summed E-state index contributed by atoms with van der Waals surface area (Å²) in [5.41, 5.74) is 2.88. The first-order chi connectivity index (χ1) is 9.33. The third-order valence-electron chi connectivity index (χ3n) is 3.67. The van der Waals surface area contributed by atoms with Crippen LogP contribution in [0.25, 0.3) is 11.0 Å². The number of hydrogen-bond acceptors (Lipinski definition) is 4. The summed E-state index contributed by atoms with van der Waals surface area (Å²) in [6.45, 7) is 4.07. The molecule has 0 radical (unpaired) electrons. The van der Waals surface area contributed by atoms with Gasteiger partial charge >= 0.3 is 0 Å². The lowest BCUT2D eigenvalue weighted by Gasteiger charge is -2.24. The third kappa shape index (κ3) is 2.84. The summed E-state index contributed by atoms with van der Waals surface area (Å²) in [6.07, 6.45) is 3.86. The molecule has 1 aliphatic heterocycles. The number of aryl methyl sites for hydroxylation is 1. The molecule has 100 valence electrons.